The highest BCUT2D eigenvalue weighted by Crippen LogP contribution is 2.24. The Hall–Kier alpha value is -0.760. The number of anilines is 1. The number of thiophene rings is 1. The monoisotopic (exact) mass is 195 g/mol. The fourth-order valence-corrected chi connectivity index (χ4v) is 1.94. The van der Waals surface area contributed by atoms with E-state index in [1.807, 2.05) is 11.4 Å². The molecule has 0 radical (unpaired) electrons. The van der Waals surface area contributed by atoms with Crippen molar-refractivity contribution in [3.8, 4) is 0 Å². The molecule has 13 heavy (non-hydrogen) atoms. The molecule has 1 aromatic rings. The molecule has 0 aliphatic heterocycles. The molecule has 0 spiro atoms. The first-order chi connectivity index (χ1) is 6.15. The SMILES string of the molecule is CC[C@@H](C)/C(C)=C/c1sccc1N. The van der Waals surface area contributed by atoms with Crippen molar-refractivity contribution in [3.63, 3.8) is 0 Å². The van der Waals surface area contributed by atoms with Gasteiger partial charge in [0.2, 0.25) is 0 Å². The van der Waals surface area contributed by atoms with Crippen molar-refractivity contribution >= 4 is 23.1 Å². The van der Waals surface area contributed by atoms with E-state index >= 15 is 0 Å². The first-order valence-corrected chi connectivity index (χ1v) is 5.54. The van der Waals surface area contributed by atoms with Crippen LogP contribution in [0.2, 0.25) is 0 Å². The van der Waals surface area contributed by atoms with Crippen molar-refractivity contribution in [2.24, 2.45) is 5.92 Å². The number of hydrogen-bond donors (Lipinski definition) is 1. The molecule has 0 saturated heterocycles. The van der Waals surface area contributed by atoms with E-state index < -0.39 is 0 Å². The smallest absolute Gasteiger partial charge is 0.0499 e. The van der Waals surface area contributed by atoms with E-state index in [0.717, 1.165) is 5.69 Å². The Labute approximate surface area is 84.3 Å². The second-order valence-electron chi connectivity index (χ2n) is 3.44. The lowest BCUT2D eigenvalue weighted by molar-refractivity contribution is 0.660. The van der Waals surface area contributed by atoms with Crippen LogP contribution in [0.25, 0.3) is 6.08 Å². The average Bonchev–Trinajstić information content (AvgIpc) is 2.50. The number of allylic oxidation sites excluding steroid dienone is 1. The van der Waals surface area contributed by atoms with Gasteiger partial charge < -0.3 is 5.73 Å². The Balaban J connectivity index is 2.82. The van der Waals surface area contributed by atoms with Crippen LogP contribution < -0.4 is 5.73 Å². The minimum Gasteiger partial charge on any atom is -0.398 e. The zero-order valence-corrected chi connectivity index (χ0v) is 9.32. The molecule has 0 fully saturated rings. The summed E-state index contributed by atoms with van der Waals surface area (Å²) in [5, 5.41) is 2.03. The Kier molecular flexibility index (Phi) is 3.55. The topological polar surface area (TPSA) is 26.0 Å². The highest BCUT2D eigenvalue weighted by molar-refractivity contribution is 7.11. The van der Waals surface area contributed by atoms with E-state index in [4.69, 9.17) is 5.73 Å². The predicted molar refractivity (Wildman–Crippen MR) is 61.8 cm³/mol. The van der Waals surface area contributed by atoms with Gasteiger partial charge in [-0.1, -0.05) is 19.4 Å². The zero-order chi connectivity index (χ0) is 9.84. The summed E-state index contributed by atoms with van der Waals surface area (Å²) in [6, 6.07) is 1.96. The molecule has 1 aromatic heterocycles. The Morgan fingerprint density at radius 2 is 2.38 bits per heavy atom. The predicted octanol–water partition coefficient (Wildman–Crippen LogP) is 3.78. The van der Waals surface area contributed by atoms with E-state index in [1.54, 1.807) is 11.3 Å². The molecule has 0 aliphatic carbocycles. The summed E-state index contributed by atoms with van der Waals surface area (Å²) in [5.74, 6) is 0.654. The van der Waals surface area contributed by atoms with Gasteiger partial charge in [0.15, 0.2) is 0 Å². The van der Waals surface area contributed by atoms with Crippen LogP contribution in [0, 0.1) is 5.92 Å². The van der Waals surface area contributed by atoms with Gasteiger partial charge in [0.1, 0.15) is 0 Å². The van der Waals surface area contributed by atoms with Crippen molar-refractivity contribution in [3.05, 3.63) is 21.9 Å². The molecule has 0 unspecified atom stereocenters. The van der Waals surface area contributed by atoms with Crippen LogP contribution in [0.3, 0.4) is 0 Å². The molecule has 0 bridgehead atoms. The standard InChI is InChI=1S/C11H17NS/c1-4-8(2)9(3)7-11-10(12)5-6-13-11/h5-8H,4,12H2,1-3H3/b9-7+/t8-/m1/s1. The molecule has 72 valence electrons. The number of rotatable bonds is 3. The van der Waals surface area contributed by atoms with Crippen LogP contribution in [-0.4, -0.2) is 0 Å². The molecule has 1 nitrogen and oxygen atoms in total. The minimum absolute atomic E-state index is 0.654. The summed E-state index contributed by atoms with van der Waals surface area (Å²) in [6.45, 7) is 6.63. The third-order valence-corrected chi connectivity index (χ3v) is 3.36. The summed E-state index contributed by atoms with van der Waals surface area (Å²) in [7, 11) is 0. The second-order valence-corrected chi connectivity index (χ2v) is 4.39. The molecule has 1 atom stereocenters. The Bertz CT molecular complexity index is 299. The van der Waals surface area contributed by atoms with Gasteiger partial charge in [-0.3, -0.25) is 0 Å². The summed E-state index contributed by atoms with van der Waals surface area (Å²) in [6.07, 6.45) is 3.39. The van der Waals surface area contributed by atoms with Crippen molar-refractivity contribution in [2.75, 3.05) is 5.73 Å². The lowest BCUT2D eigenvalue weighted by atomic mass is 9.99. The molecule has 0 aromatic carbocycles. The zero-order valence-electron chi connectivity index (χ0n) is 8.50. The Morgan fingerprint density at radius 1 is 1.69 bits per heavy atom. The quantitative estimate of drug-likeness (QED) is 0.780. The van der Waals surface area contributed by atoms with Crippen LogP contribution in [-0.2, 0) is 0 Å². The van der Waals surface area contributed by atoms with Gasteiger partial charge in [0.25, 0.3) is 0 Å². The molecule has 1 rings (SSSR count). The van der Waals surface area contributed by atoms with Gasteiger partial charge in [0, 0.05) is 10.6 Å². The summed E-state index contributed by atoms with van der Waals surface area (Å²) >= 11 is 1.70. The van der Waals surface area contributed by atoms with E-state index in [2.05, 4.69) is 26.8 Å². The first-order valence-electron chi connectivity index (χ1n) is 4.66. The summed E-state index contributed by atoms with van der Waals surface area (Å²) in [4.78, 5) is 1.19. The van der Waals surface area contributed by atoms with Crippen LogP contribution in [0.1, 0.15) is 32.1 Å². The lowest BCUT2D eigenvalue weighted by Gasteiger charge is -2.08. The third kappa shape index (κ3) is 2.59. The largest absolute Gasteiger partial charge is 0.398 e. The molecular formula is C11H17NS. The molecule has 0 saturated carbocycles. The van der Waals surface area contributed by atoms with Crippen LogP contribution in [0.15, 0.2) is 17.0 Å². The summed E-state index contributed by atoms with van der Waals surface area (Å²) < 4.78 is 0. The molecular weight excluding hydrogens is 178 g/mol. The maximum atomic E-state index is 5.80. The van der Waals surface area contributed by atoms with E-state index in [9.17, 15) is 0 Å². The van der Waals surface area contributed by atoms with Crippen molar-refractivity contribution in [1.82, 2.24) is 0 Å². The molecule has 2 heteroatoms. The van der Waals surface area contributed by atoms with Crippen LogP contribution in [0.4, 0.5) is 5.69 Å². The van der Waals surface area contributed by atoms with E-state index in [-0.39, 0.29) is 0 Å². The summed E-state index contributed by atoms with van der Waals surface area (Å²) in [5.41, 5.74) is 8.11. The van der Waals surface area contributed by atoms with E-state index in [0.29, 0.717) is 5.92 Å². The number of hydrogen-bond acceptors (Lipinski definition) is 2. The molecule has 0 amide bonds. The minimum atomic E-state index is 0.654. The van der Waals surface area contributed by atoms with Gasteiger partial charge in [0.05, 0.1) is 0 Å². The molecule has 2 N–H and O–H groups in total. The van der Waals surface area contributed by atoms with Gasteiger partial charge in [-0.05, 0) is 36.8 Å². The Morgan fingerprint density at radius 3 is 2.85 bits per heavy atom. The highest BCUT2D eigenvalue weighted by Gasteiger charge is 2.03. The third-order valence-electron chi connectivity index (χ3n) is 2.48. The van der Waals surface area contributed by atoms with E-state index in [1.165, 1.54) is 16.9 Å². The van der Waals surface area contributed by atoms with Crippen molar-refractivity contribution < 1.29 is 0 Å². The van der Waals surface area contributed by atoms with Gasteiger partial charge in [-0.15, -0.1) is 11.3 Å². The maximum Gasteiger partial charge on any atom is 0.0499 e. The molecule has 1 heterocycles. The van der Waals surface area contributed by atoms with Crippen LogP contribution >= 0.6 is 11.3 Å². The fraction of sp³-hybridized carbons (Fsp3) is 0.455. The number of nitrogens with two attached hydrogens (primary N) is 1. The fourth-order valence-electron chi connectivity index (χ4n) is 1.12. The van der Waals surface area contributed by atoms with Crippen molar-refractivity contribution in [2.45, 2.75) is 27.2 Å². The van der Waals surface area contributed by atoms with Crippen LogP contribution in [0.5, 0.6) is 0 Å². The molecule has 0 aliphatic rings. The van der Waals surface area contributed by atoms with Gasteiger partial charge in [-0.25, -0.2) is 0 Å². The number of nitrogen functional groups attached to an aromatic ring is 1. The second kappa shape index (κ2) is 4.47. The average molecular weight is 195 g/mol. The highest BCUT2D eigenvalue weighted by atomic mass is 32.1. The lowest BCUT2D eigenvalue weighted by Crippen LogP contribution is -1.93. The van der Waals surface area contributed by atoms with Gasteiger partial charge >= 0.3 is 0 Å². The maximum absolute atomic E-state index is 5.80. The first kappa shape index (κ1) is 10.3. The van der Waals surface area contributed by atoms with Crippen molar-refractivity contribution in [1.29, 1.82) is 0 Å². The van der Waals surface area contributed by atoms with Gasteiger partial charge in [-0.2, -0.15) is 0 Å². The normalized spacial score (nSPS) is 14.5.